The minimum atomic E-state index is -4.12. The van der Waals surface area contributed by atoms with Gasteiger partial charge in [-0.15, -0.1) is 0 Å². The predicted molar refractivity (Wildman–Crippen MR) is 156 cm³/mol. The van der Waals surface area contributed by atoms with Crippen molar-refractivity contribution < 1.29 is 22.7 Å². The fraction of sp³-hybridized carbons (Fsp3) is 0.310. The van der Waals surface area contributed by atoms with E-state index in [-0.39, 0.29) is 23.4 Å². The quantitative estimate of drug-likeness (QED) is 0.331. The van der Waals surface area contributed by atoms with Crippen molar-refractivity contribution >= 4 is 43.5 Å². The normalized spacial score (nSPS) is 12.1. The Labute approximate surface area is 239 Å². The molecule has 1 unspecified atom stereocenters. The highest BCUT2D eigenvalue weighted by Crippen LogP contribution is 2.27. The fourth-order valence-electron chi connectivity index (χ4n) is 3.95. The van der Waals surface area contributed by atoms with Crippen LogP contribution in [0.5, 0.6) is 5.75 Å². The molecule has 0 aromatic heterocycles. The van der Waals surface area contributed by atoms with Crippen molar-refractivity contribution in [3.63, 3.8) is 0 Å². The lowest BCUT2D eigenvalue weighted by atomic mass is 10.1. The van der Waals surface area contributed by atoms with E-state index >= 15 is 0 Å². The molecule has 39 heavy (non-hydrogen) atoms. The van der Waals surface area contributed by atoms with E-state index in [1.807, 2.05) is 26.8 Å². The van der Waals surface area contributed by atoms with Crippen molar-refractivity contribution in [1.29, 1.82) is 0 Å². The highest BCUT2D eigenvalue weighted by atomic mass is 79.9. The van der Waals surface area contributed by atoms with Crippen LogP contribution in [0.4, 0.5) is 5.69 Å². The molecule has 0 radical (unpaired) electrons. The van der Waals surface area contributed by atoms with Crippen LogP contribution in [0.1, 0.15) is 31.9 Å². The van der Waals surface area contributed by atoms with Crippen LogP contribution in [0.15, 0.2) is 82.2 Å². The molecule has 3 aromatic rings. The SMILES string of the molecule is COc1cccc(CN(C(=O)CN(c2cccc(Br)c2)S(=O)(=O)c2ccc(C)cc2)C(C)C(=O)NC(C)C)c1. The second kappa shape index (κ2) is 13.1. The summed E-state index contributed by atoms with van der Waals surface area (Å²) in [5, 5.41) is 2.84. The molecule has 1 atom stereocenters. The highest BCUT2D eigenvalue weighted by Gasteiger charge is 2.32. The van der Waals surface area contributed by atoms with Crippen LogP contribution in [0.3, 0.4) is 0 Å². The third-order valence-corrected chi connectivity index (χ3v) is 8.35. The Morgan fingerprint density at radius 3 is 2.26 bits per heavy atom. The highest BCUT2D eigenvalue weighted by molar-refractivity contribution is 9.10. The fourth-order valence-corrected chi connectivity index (χ4v) is 5.75. The number of methoxy groups -OCH3 is 1. The number of halogens is 1. The van der Waals surface area contributed by atoms with Gasteiger partial charge in [0, 0.05) is 17.1 Å². The zero-order valence-corrected chi connectivity index (χ0v) is 25.1. The number of rotatable bonds is 11. The van der Waals surface area contributed by atoms with Crippen molar-refractivity contribution in [2.24, 2.45) is 0 Å². The zero-order valence-electron chi connectivity index (χ0n) is 22.7. The number of sulfonamides is 1. The number of benzene rings is 3. The van der Waals surface area contributed by atoms with Gasteiger partial charge in [0.1, 0.15) is 18.3 Å². The third kappa shape index (κ3) is 7.83. The Bertz CT molecular complexity index is 1410. The van der Waals surface area contributed by atoms with E-state index < -0.39 is 28.5 Å². The van der Waals surface area contributed by atoms with Crippen LogP contribution in [-0.4, -0.2) is 50.9 Å². The van der Waals surface area contributed by atoms with Gasteiger partial charge in [0.05, 0.1) is 17.7 Å². The molecule has 0 aliphatic heterocycles. The van der Waals surface area contributed by atoms with Crippen LogP contribution in [0, 0.1) is 6.92 Å². The molecule has 0 spiro atoms. The van der Waals surface area contributed by atoms with Gasteiger partial charge in [0.2, 0.25) is 11.8 Å². The number of carbonyl (C=O) groups excluding carboxylic acids is 2. The van der Waals surface area contributed by atoms with Crippen LogP contribution in [-0.2, 0) is 26.2 Å². The molecule has 0 aliphatic rings. The maximum absolute atomic E-state index is 13.9. The standard InChI is InChI=1S/C29H34BrN3O5S/c1-20(2)31-29(35)22(4)32(18-23-8-6-11-26(16-23)38-5)28(34)19-33(25-10-7-9-24(30)17-25)39(36,37)27-14-12-21(3)13-15-27/h6-17,20,22H,18-19H2,1-5H3,(H,31,35). The summed E-state index contributed by atoms with van der Waals surface area (Å²) < 4.78 is 34.8. The molecule has 3 aromatic carbocycles. The average Bonchev–Trinajstić information content (AvgIpc) is 2.89. The Morgan fingerprint density at radius 1 is 0.974 bits per heavy atom. The van der Waals surface area contributed by atoms with Gasteiger partial charge >= 0.3 is 0 Å². The van der Waals surface area contributed by atoms with E-state index in [0.29, 0.717) is 15.9 Å². The molecule has 0 heterocycles. The number of carbonyl (C=O) groups is 2. The largest absolute Gasteiger partial charge is 0.497 e. The lowest BCUT2D eigenvalue weighted by Gasteiger charge is -2.32. The number of ether oxygens (including phenoxy) is 1. The van der Waals surface area contributed by atoms with Crippen molar-refractivity contribution in [3.8, 4) is 5.75 Å². The van der Waals surface area contributed by atoms with E-state index in [2.05, 4.69) is 21.2 Å². The summed E-state index contributed by atoms with van der Waals surface area (Å²) in [4.78, 5) is 28.4. The summed E-state index contributed by atoms with van der Waals surface area (Å²) in [7, 11) is -2.57. The lowest BCUT2D eigenvalue weighted by Crippen LogP contribution is -2.52. The first kappa shape index (κ1) is 30.2. The number of nitrogens with zero attached hydrogens (tertiary/aromatic N) is 2. The van der Waals surface area contributed by atoms with Crippen LogP contribution >= 0.6 is 15.9 Å². The smallest absolute Gasteiger partial charge is 0.264 e. The molecule has 0 aliphatic carbocycles. The first-order valence-electron chi connectivity index (χ1n) is 12.5. The van der Waals surface area contributed by atoms with Gasteiger partial charge in [0.25, 0.3) is 10.0 Å². The second-order valence-corrected chi connectivity index (χ2v) is 12.3. The Kier molecular flexibility index (Phi) is 10.2. The summed E-state index contributed by atoms with van der Waals surface area (Å²) in [5.41, 5.74) is 1.97. The number of hydrogen-bond donors (Lipinski definition) is 1. The van der Waals surface area contributed by atoms with Gasteiger partial charge in [-0.2, -0.15) is 0 Å². The molecule has 3 rings (SSSR count). The van der Waals surface area contributed by atoms with Crippen LogP contribution in [0.25, 0.3) is 0 Å². The number of aryl methyl sites for hydroxylation is 1. The number of amides is 2. The van der Waals surface area contributed by atoms with Crippen molar-refractivity contribution in [2.45, 2.75) is 51.2 Å². The first-order valence-corrected chi connectivity index (χ1v) is 14.7. The van der Waals surface area contributed by atoms with Gasteiger partial charge in [-0.05, 0) is 75.7 Å². The molecule has 208 valence electrons. The van der Waals surface area contributed by atoms with E-state index in [9.17, 15) is 18.0 Å². The van der Waals surface area contributed by atoms with Gasteiger partial charge < -0.3 is 15.0 Å². The maximum Gasteiger partial charge on any atom is 0.264 e. The van der Waals surface area contributed by atoms with Crippen LogP contribution < -0.4 is 14.4 Å². The summed E-state index contributed by atoms with van der Waals surface area (Å²) in [6, 6.07) is 19.4. The van der Waals surface area contributed by atoms with Gasteiger partial charge in [0.15, 0.2) is 0 Å². The van der Waals surface area contributed by atoms with Gasteiger partial charge in [-0.25, -0.2) is 8.42 Å². The molecular weight excluding hydrogens is 582 g/mol. The lowest BCUT2D eigenvalue weighted by molar-refractivity contribution is -0.139. The molecular formula is C29H34BrN3O5S. The second-order valence-electron chi connectivity index (χ2n) is 9.52. The molecule has 0 saturated carbocycles. The maximum atomic E-state index is 13.9. The van der Waals surface area contributed by atoms with Gasteiger partial charge in [-0.1, -0.05) is 51.8 Å². The zero-order chi connectivity index (χ0) is 28.7. The molecule has 0 saturated heterocycles. The van der Waals surface area contributed by atoms with E-state index in [4.69, 9.17) is 4.74 Å². The monoisotopic (exact) mass is 615 g/mol. The predicted octanol–water partition coefficient (Wildman–Crippen LogP) is 4.90. The number of anilines is 1. The molecule has 1 N–H and O–H groups in total. The van der Waals surface area contributed by atoms with E-state index in [1.165, 1.54) is 17.0 Å². The Morgan fingerprint density at radius 2 is 1.64 bits per heavy atom. The molecule has 8 nitrogen and oxygen atoms in total. The molecule has 0 bridgehead atoms. The van der Waals surface area contributed by atoms with Crippen molar-refractivity contribution in [2.75, 3.05) is 18.0 Å². The van der Waals surface area contributed by atoms with Crippen molar-refractivity contribution in [3.05, 3.63) is 88.4 Å². The third-order valence-electron chi connectivity index (χ3n) is 6.07. The molecule has 10 heteroatoms. The summed E-state index contributed by atoms with van der Waals surface area (Å²) in [6.07, 6.45) is 0. The van der Waals surface area contributed by atoms with Crippen molar-refractivity contribution in [1.82, 2.24) is 10.2 Å². The van der Waals surface area contributed by atoms with Crippen LogP contribution in [0.2, 0.25) is 0 Å². The topological polar surface area (TPSA) is 96.0 Å². The Balaban J connectivity index is 2.04. The first-order chi connectivity index (χ1) is 18.4. The minimum absolute atomic E-state index is 0.0609. The number of nitrogens with one attached hydrogen (secondary N) is 1. The molecule has 2 amide bonds. The summed E-state index contributed by atoms with van der Waals surface area (Å²) in [6.45, 7) is 6.75. The minimum Gasteiger partial charge on any atom is -0.497 e. The number of hydrogen-bond acceptors (Lipinski definition) is 5. The van der Waals surface area contributed by atoms with E-state index in [1.54, 1.807) is 68.6 Å². The molecule has 0 fully saturated rings. The van der Waals surface area contributed by atoms with E-state index in [0.717, 1.165) is 15.4 Å². The van der Waals surface area contributed by atoms with Gasteiger partial charge in [-0.3, -0.25) is 13.9 Å². The Hall–Kier alpha value is -3.37. The summed E-state index contributed by atoms with van der Waals surface area (Å²) in [5.74, 6) is -0.256. The summed E-state index contributed by atoms with van der Waals surface area (Å²) >= 11 is 3.40. The average molecular weight is 617 g/mol.